The quantitative estimate of drug-likeness (QED) is 0.823. The fraction of sp³-hybridized carbons (Fsp3) is 0.643. The first-order valence-corrected chi connectivity index (χ1v) is 7.17. The summed E-state index contributed by atoms with van der Waals surface area (Å²) in [6.07, 6.45) is 6.40. The minimum Gasteiger partial charge on any atom is -0.354 e. The van der Waals surface area contributed by atoms with Gasteiger partial charge in [-0.05, 0) is 12.8 Å². The monoisotopic (exact) mass is 278 g/mol. The average Bonchev–Trinajstić information content (AvgIpc) is 3.01. The standard InChI is InChI=1S/C14H22N4O2/c1-3-11(18-9-4-5-13(18)19)14(20)16-7-6-12-15-8-10-17(12)2/h8,10-11H,3-7,9H2,1-2H3,(H,16,20). The minimum atomic E-state index is -0.327. The van der Waals surface area contributed by atoms with Crippen molar-refractivity contribution in [3.63, 3.8) is 0 Å². The Balaban J connectivity index is 1.83. The number of aryl methyl sites for hydroxylation is 1. The van der Waals surface area contributed by atoms with Crippen molar-refractivity contribution in [2.45, 2.75) is 38.6 Å². The number of amides is 2. The summed E-state index contributed by atoms with van der Waals surface area (Å²) in [6.45, 7) is 3.18. The number of imidazole rings is 1. The van der Waals surface area contributed by atoms with Crippen LogP contribution in [0.3, 0.4) is 0 Å². The van der Waals surface area contributed by atoms with Crippen molar-refractivity contribution < 1.29 is 9.59 Å². The molecule has 2 rings (SSSR count). The number of hydrogen-bond acceptors (Lipinski definition) is 3. The van der Waals surface area contributed by atoms with Crippen LogP contribution in [0.25, 0.3) is 0 Å². The Bertz CT molecular complexity index is 483. The van der Waals surface area contributed by atoms with Crippen LogP contribution in [0.2, 0.25) is 0 Å². The number of nitrogens with zero attached hydrogens (tertiary/aromatic N) is 3. The third kappa shape index (κ3) is 3.18. The van der Waals surface area contributed by atoms with Gasteiger partial charge in [-0.3, -0.25) is 9.59 Å². The Morgan fingerprint density at radius 2 is 2.35 bits per heavy atom. The molecule has 2 heterocycles. The summed E-state index contributed by atoms with van der Waals surface area (Å²) in [5, 5.41) is 2.91. The fourth-order valence-electron chi connectivity index (χ4n) is 2.60. The van der Waals surface area contributed by atoms with E-state index < -0.39 is 0 Å². The minimum absolute atomic E-state index is 0.0584. The first kappa shape index (κ1) is 14.6. The van der Waals surface area contributed by atoms with Gasteiger partial charge in [0.25, 0.3) is 0 Å². The number of hydrogen-bond donors (Lipinski definition) is 1. The molecule has 0 bridgehead atoms. The van der Waals surface area contributed by atoms with Crippen molar-refractivity contribution in [2.24, 2.45) is 7.05 Å². The zero-order valence-electron chi connectivity index (χ0n) is 12.1. The van der Waals surface area contributed by atoms with Gasteiger partial charge >= 0.3 is 0 Å². The van der Waals surface area contributed by atoms with Crippen LogP contribution in [-0.2, 0) is 23.1 Å². The van der Waals surface area contributed by atoms with Crippen molar-refractivity contribution >= 4 is 11.8 Å². The highest BCUT2D eigenvalue weighted by Gasteiger charge is 2.31. The molecular formula is C14H22N4O2. The maximum atomic E-state index is 12.2. The van der Waals surface area contributed by atoms with Gasteiger partial charge < -0.3 is 14.8 Å². The summed E-state index contributed by atoms with van der Waals surface area (Å²) in [5.41, 5.74) is 0. The van der Waals surface area contributed by atoms with E-state index in [2.05, 4.69) is 10.3 Å². The van der Waals surface area contributed by atoms with Crippen LogP contribution in [0, 0.1) is 0 Å². The lowest BCUT2D eigenvalue weighted by Gasteiger charge is -2.25. The summed E-state index contributed by atoms with van der Waals surface area (Å²) in [7, 11) is 1.93. The van der Waals surface area contributed by atoms with E-state index in [-0.39, 0.29) is 17.9 Å². The second-order valence-corrected chi connectivity index (χ2v) is 5.11. The molecule has 2 amide bonds. The highest BCUT2D eigenvalue weighted by molar-refractivity contribution is 5.88. The normalized spacial score (nSPS) is 16.5. The molecule has 0 radical (unpaired) electrons. The number of carbonyl (C=O) groups is 2. The molecule has 1 N–H and O–H groups in total. The molecule has 1 atom stereocenters. The van der Waals surface area contributed by atoms with Crippen molar-refractivity contribution in [3.05, 3.63) is 18.2 Å². The lowest BCUT2D eigenvalue weighted by molar-refractivity contribution is -0.137. The Morgan fingerprint density at radius 3 is 2.90 bits per heavy atom. The van der Waals surface area contributed by atoms with Crippen LogP contribution in [0.1, 0.15) is 32.0 Å². The number of rotatable bonds is 6. The van der Waals surface area contributed by atoms with Crippen LogP contribution in [-0.4, -0.2) is 45.4 Å². The van der Waals surface area contributed by atoms with E-state index >= 15 is 0 Å². The summed E-state index contributed by atoms with van der Waals surface area (Å²) in [6, 6.07) is -0.327. The van der Waals surface area contributed by atoms with E-state index in [0.717, 1.165) is 12.2 Å². The molecule has 1 aliphatic rings. The molecule has 1 aliphatic heterocycles. The lowest BCUT2D eigenvalue weighted by atomic mass is 10.2. The molecule has 110 valence electrons. The van der Waals surface area contributed by atoms with Gasteiger partial charge in [-0.2, -0.15) is 0 Å². The third-order valence-corrected chi connectivity index (χ3v) is 3.74. The van der Waals surface area contributed by atoms with Gasteiger partial charge in [-0.1, -0.05) is 6.92 Å². The third-order valence-electron chi connectivity index (χ3n) is 3.74. The molecule has 0 aliphatic carbocycles. The smallest absolute Gasteiger partial charge is 0.242 e. The molecule has 6 nitrogen and oxygen atoms in total. The van der Waals surface area contributed by atoms with E-state index in [9.17, 15) is 9.59 Å². The summed E-state index contributed by atoms with van der Waals surface area (Å²) < 4.78 is 1.94. The van der Waals surface area contributed by atoms with Gasteiger partial charge in [0.05, 0.1) is 0 Å². The van der Waals surface area contributed by atoms with Gasteiger partial charge in [0.15, 0.2) is 0 Å². The largest absolute Gasteiger partial charge is 0.354 e. The molecule has 0 aromatic carbocycles. The SMILES string of the molecule is CCC(C(=O)NCCc1nccn1C)N1CCCC1=O. The van der Waals surface area contributed by atoms with Gasteiger partial charge in [0.1, 0.15) is 11.9 Å². The van der Waals surface area contributed by atoms with Gasteiger partial charge in [-0.25, -0.2) is 4.98 Å². The molecule has 1 saturated heterocycles. The molecule has 1 fully saturated rings. The lowest BCUT2D eigenvalue weighted by Crippen LogP contribution is -2.47. The Labute approximate surface area is 119 Å². The molecule has 1 aromatic rings. The number of likely N-dealkylation sites (tertiary alicyclic amines) is 1. The Kier molecular flexibility index (Phi) is 4.76. The zero-order valence-corrected chi connectivity index (χ0v) is 12.1. The molecule has 0 spiro atoms. The fourth-order valence-corrected chi connectivity index (χ4v) is 2.60. The highest BCUT2D eigenvalue weighted by atomic mass is 16.2. The second kappa shape index (κ2) is 6.54. The molecule has 1 aromatic heterocycles. The van der Waals surface area contributed by atoms with Crippen LogP contribution >= 0.6 is 0 Å². The summed E-state index contributed by atoms with van der Waals surface area (Å²) >= 11 is 0. The summed E-state index contributed by atoms with van der Waals surface area (Å²) in [4.78, 5) is 29.8. The van der Waals surface area contributed by atoms with Crippen molar-refractivity contribution in [2.75, 3.05) is 13.1 Å². The van der Waals surface area contributed by atoms with Gasteiger partial charge in [0, 0.05) is 45.4 Å². The maximum Gasteiger partial charge on any atom is 0.242 e. The van der Waals surface area contributed by atoms with Gasteiger partial charge in [-0.15, -0.1) is 0 Å². The maximum absolute atomic E-state index is 12.2. The summed E-state index contributed by atoms with van der Waals surface area (Å²) in [5.74, 6) is 0.976. The second-order valence-electron chi connectivity index (χ2n) is 5.11. The predicted octanol–water partition coefficient (Wildman–Crippen LogP) is 0.480. The van der Waals surface area contributed by atoms with Crippen molar-refractivity contribution in [1.82, 2.24) is 19.8 Å². The first-order valence-electron chi connectivity index (χ1n) is 7.17. The molecule has 20 heavy (non-hydrogen) atoms. The first-order chi connectivity index (χ1) is 9.63. The molecular weight excluding hydrogens is 256 g/mol. The van der Waals surface area contributed by atoms with Gasteiger partial charge in [0.2, 0.25) is 11.8 Å². The van der Waals surface area contributed by atoms with Crippen LogP contribution in [0.5, 0.6) is 0 Å². The van der Waals surface area contributed by atoms with E-state index in [1.807, 2.05) is 24.7 Å². The van der Waals surface area contributed by atoms with Crippen LogP contribution in [0.4, 0.5) is 0 Å². The molecule has 6 heteroatoms. The Hall–Kier alpha value is -1.85. The van der Waals surface area contributed by atoms with Crippen LogP contribution < -0.4 is 5.32 Å². The van der Waals surface area contributed by atoms with Crippen molar-refractivity contribution in [3.8, 4) is 0 Å². The number of aromatic nitrogens is 2. The molecule has 0 saturated carbocycles. The number of carbonyl (C=O) groups excluding carboxylic acids is 2. The van der Waals surface area contributed by atoms with Crippen LogP contribution in [0.15, 0.2) is 12.4 Å². The Morgan fingerprint density at radius 1 is 1.55 bits per heavy atom. The molecule has 1 unspecified atom stereocenters. The van der Waals surface area contributed by atoms with E-state index in [1.165, 1.54) is 0 Å². The van der Waals surface area contributed by atoms with E-state index in [1.54, 1.807) is 11.1 Å². The zero-order chi connectivity index (χ0) is 14.5. The van der Waals surface area contributed by atoms with E-state index in [0.29, 0.717) is 32.4 Å². The highest BCUT2D eigenvalue weighted by Crippen LogP contribution is 2.15. The van der Waals surface area contributed by atoms with E-state index in [4.69, 9.17) is 0 Å². The van der Waals surface area contributed by atoms with Crippen molar-refractivity contribution in [1.29, 1.82) is 0 Å². The predicted molar refractivity (Wildman–Crippen MR) is 74.9 cm³/mol. The average molecular weight is 278 g/mol. The number of nitrogens with one attached hydrogen (secondary N) is 1. The topological polar surface area (TPSA) is 67.2 Å².